The molecule has 1 aliphatic carbocycles. The summed E-state index contributed by atoms with van der Waals surface area (Å²) in [5.41, 5.74) is 0. The van der Waals surface area contributed by atoms with Crippen molar-refractivity contribution in [1.82, 2.24) is 5.32 Å². The molecule has 0 saturated heterocycles. The van der Waals surface area contributed by atoms with Gasteiger partial charge in [-0.05, 0) is 24.7 Å². The van der Waals surface area contributed by atoms with Crippen molar-refractivity contribution < 1.29 is 9.53 Å². The third kappa shape index (κ3) is 6.67. The van der Waals surface area contributed by atoms with E-state index in [9.17, 15) is 4.79 Å². The van der Waals surface area contributed by atoms with E-state index < -0.39 is 0 Å². The van der Waals surface area contributed by atoms with Gasteiger partial charge in [-0.15, -0.1) is 0 Å². The van der Waals surface area contributed by atoms with Crippen LogP contribution < -0.4 is 5.32 Å². The number of rotatable bonds is 7. The smallest absolute Gasteiger partial charge is 0.245 e. The number of hydrogen-bond donors (Lipinski definition) is 1. The maximum Gasteiger partial charge on any atom is 0.245 e. The number of hydrogen-bond acceptors (Lipinski definition) is 2. The Labute approximate surface area is 105 Å². The molecule has 3 heteroatoms. The van der Waals surface area contributed by atoms with E-state index in [1.165, 1.54) is 25.7 Å². The molecular formula is C14H27NO2. The molecule has 0 heterocycles. The molecule has 0 radical (unpaired) electrons. The summed E-state index contributed by atoms with van der Waals surface area (Å²) in [5.74, 6) is 1.76. The van der Waals surface area contributed by atoms with Crippen molar-refractivity contribution in [3.05, 3.63) is 0 Å². The summed E-state index contributed by atoms with van der Waals surface area (Å²) in [6.07, 6.45) is 7.49. The fraction of sp³-hybridized carbons (Fsp3) is 0.929. The van der Waals surface area contributed by atoms with Gasteiger partial charge in [0, 0.05) is 13.2 Å². The zero-order valence-corrected chi connectivity index (χ0v) is 11.3. The average molecular weight is 241 g/mol. The van der Waals surface area contributed by atoms with Crippen molar-refractivity contribution in [2.24, 2.45) is 11.8 Å². The highest BCUT2D eigenvalue weighted by Gasteiger charge is 2.17. The first-order valence-electron chi connectivity index (χ1n) is 7.06. The second kappa shape index (κ2) is 8.51. The summed E-state index contributed by atoms with van der Waals surface area (Å²) in [5, 5.41) is 2.94. The van der Waals surface area contributed by atoms with Crippen molar-refractivity contribution in [2.75, 3.05) is 19.8 Å². The first-order chi connectivity index (χ1) is 8.22. The SMILES string of the molecule is CCCOCC(=O)NCCC1CCC(C)CC1. The zero-order valence-electron chi connectivity index (χ0n) is 11.3. The summed E-state index contributed by atoms with van der Waals surface area (Å²) < 4.78 is 5.19. The van der Waals surface area contributed by atoms with E-state index in [0.717, 1.165) is 31.2 Å². The van der Waals surface area contributed by atoms with Gasteiger partial charge in [-0.25, -0.2) is 0 Å². The van der Waals surface area contributed by atoms with Gasteiger partial charge in [-0.3, -0.25) is 4.79 Å². The molecule has 3 nitrogen and oxygen atoms in total. The lowest BCUT2D eigenvalue weighted by Gasteiger charge is -2.26. The standard InChI is InChI=1S/C14H27NO2/c1-3-10-17-11-14(16)15-9-8-13-6-4-12(2)5-7-13/h12-13H,3-11H2,1-2H3,(H,15,16). The number of ether oxygens (including phenoxy) is 1. The summed E-state index contributed by atoms with van der Waals surface area (Å²) in [6, 6.07) is 0. The Bertz CT molecular complexity index is 210. The van der Waals surface area contributed by atoms with E-state index in [1.54, 1.807) is 0 Å². The van der Waals surface area contributed by atoms with Crippen molar-refractivity contribution >= 4 is 5.91 Å². The van der Waals surface area contributed by atoms with Gasteiger partial charge in [0.2, 0.25) is 5.91 Å². The maximum absolute atomic E-state index is 11.4. The van der Waals surface area contributed by atoms with Crippen LogP contribution in [0.25, 0.3) is 0 Å². The second-order valence-corrected chi connectivity index (χ2v) is 5.32. The van der Waals surface area contributed by atoms with Gasteiger partial charge in [0.25, 0.3) is 0 Å². The summed E-state index contributed by atoms with van der Waals surface area (Å²) in [6.45, 7) is 6.09. The van der Waals surface area contributed by atoms with E-state index in [2.05, 4.69) is 12.2 Å². The molecule has 1 rings (SSSR count). The van der Waals surface area contributed by atoms with E-state index in [1.807, 2.05) is 6.92 Å². The molecule has 0 atom stereocenters. The monoisotopic (exact) mass is 241 g/mol. The van der Waals surface area contributed by atoms with Gasteiger partial charge in [-0.1, -0.05) is 39.5 Å². The molecule has 1 aliphatic rings. The largest absolute Gasteiger partial charge is 0.372 e. The Kier molecular flexibility index (Phi) is 7.25. The van der Waals surface area contributed by atoms with Gasteiger partial charge in [0.05, 0.1) is 0 Å². The minimum atomic E-state index is 0.0302. The topological polar surface area (TPSA) is 38.3 Å². The highest BCUT2D eigenvalue weighted by Crippen LogP contribution is 2.29. The second-order valence-electron chi connectivity index (χ2n) is 5.32. The first kappa shape index (κ1) is 14.5. The van der Waals surface area contributed by atoms with Crippen LogP contribution in [0.4, 0.5) is 0 Å². The van der Waals surface area contributed by atoms with Gasteiger partial charge < -0.3 is 10.1 Å². The quantitative estimate of drug-likeness (QED) is 0.696. The van der Waals surface area contributed by atoms with E-state index in [-0.39, 0.29) is 12.5 Å². The van der Waals surface area contributed by atoms with Crippen LogP contribution in [0, 0.1) is 11.8 Å². The molecule has 0 bridgehead atoms. The minimum Gasteiger partial charge on any atom is -0.372 e. The van der Waals surface area contributed by atoms with Crippen LogP contribution in [0.3, 0.4) is 0 Å². The van der Waals surface area contributed by atoms with Crippen LogP contribution in [-0.2, 0) is 9.53 Å². The lowest BCUT2D eigenvalue weighted by atomic mass is 9.81. The Balaban J connectivity index is 1.97. The number of amides is 1. The van der Waals surface area contributed by atoms with Crippen LogP contribution in [0.5, 0.6) is 0 Å². The Hall–Kier alpha value is -0.570. The molecule has 1 N–H and O–H groups in total. The third-order valence-corrected chi connectivity index (χ3v) is 3.59. The summed E-state index contributed by atoms with van der Waals surface area (Å²) in [7, 11) is 0. The molecule has 0 aromatic heterocycles. The van der Waals surface area contributed by atoms with Crippen LogP contribution in [0.15, 0.2) is 0 Å². The van der Waals surface area contributed by atoms with Crippen molar-refractivity contribution in [2.45, 2.75) is 52.4 Å². The molecule has 1 saturated carbocycles. The minimum absolute atomic E-state index is 0.0302. The molecular weight excluding hydrogens is 214 g/mol. The number of carbonyl (C=O) groups is 1. The van der Waals surface area contributed by atoms with E-state index >= 15 is 0 Å². The molecule has 0 aromatic carbocycles. The normalized spacial score (nSPS) is 24.6. The molecule has 0 aliphatic heterocycles. The van der Waals surface area contributed by atoms with Crippen LogP contribution >= 0.6 is 0 Å². The van der Waals surface area contributed by atoms with E-state index in [0.29, 0.717) is 6.61 Å². The Morgan fingerprint density at radius 2 is 2.00 bits per heavy atom. The molecule has 0 aromatic rings. The number of carbonyl (C=O) groups excluding carboxylic acids is 1. The molecule has 17 heavy (non-hydrogen) atoms. The third-order valence-electron chi connectivity index (χ3n) is 3.59. The van der Waals surface area contributed by atoms with Crippen molar-refractivity contribution in [3.63, 3.8) is 0 Å². The first-order valence-corrected chi connectivity index (χ1v) is 7.06. The average Bonchev–Trinajstić information content (AvgIpc) is 2.32. The molecule has 100 valence electrons. The lowest BCUT2D eigenvalue weighted by Crippen LogP contribution is -2.30. The maximum atomic E-state index is 11.4. The predicted molar refractivity (Wildman–Crippen MR) is 69.9 cm³/mol. The molecule has 0 unspecified atom stereocenters. The molecule has 1 fully saturated rings. The fourth-order valence-corrected chi connectivity index (χ4v) is 2.39. The Morgan fingerprint density at radius 1 is 1.29 bits per heavy atom. The highest BCUT2D eigenvalue weighted by molar-refractivity contribution is 5.77. The highest BCUT2D eigenvalue weighted by atomic mass is 16.5. The summed E-state index contributed by atoms with van der Waals surface area (Å²) >= 11 is 0. The van der Waals surface area contributed by atoms with Crippen LogP contribution in [-0.4, -0.2) is 25.7 Å². The fourth-order valence-electron chi connectivity index (χ4n) is 2.39. The zero-order chi connectivity index (χ0) is 12.5. The lowest BCUT2D eigenvalue weighted by molar-refractivity contribution is -0.125. The van der Waals surface area contributed by atoms with Crippen LogP contribution in [0.2, 0.25) is 0 Å². The van der Waals surface area contributed by atoms with Gasteiger partial charge in [-0.2, -0.15) is 0 Å². The van der Waals surface area contributed by atoms with Crippen molar-refractivity contribution in [3.8, 4) is 0 Å². The van der Waals surface area contributed by atoms with Gasteiger partial charge in [0.1, 0.15) is 6.61 Å². The number of nitrogens with one attached hydrogen (secondary N) is 1. The Morgan fingerprint density at radius 3 is 2.65 bits per heavy atom. The predicted octanol–water partition coefficient (Wildman–Crippen LogP) is 2.75. The molecule has 0 spiro atoms. The van der Waals surface area contributed by atoms with E-state index in [4.69, 9.17) is 4.74 Å². The summed E-state index contributed by atoms with van der Waals surface area (Å²) in [4.78, 5) is 11.4. The van der Waals surface area contributed by atoms with Crippen molar-refractivity contribution in [1.29, 1.82) is 0 Å². The van der Waals surface area contributed by atoms with Gasteiger partial charge in [0.15, 0.2) is 0 Å². The van der Waals surface area contributed by atoms with Gasteiger partial charge >= 0.3 is 0 Å². The molecule has 1 amide bonds. The van der Waals surface area contributed by atoms with Crippen LogP contribution in [0.1, 0.15) is 52.4 Å².